The second-order valence-corrected chi connectivity index (χ2v) is 6.76. The largest absolute Gasteiger partial charge is 0.334 e. The van der Waals surface area contributed by atoms with Crippen molar-refractivity contribution in [1.82, 2.24) is 20.0 Å². The molecule has 1 amide bonds. The van der Waals surface area contributed by atoms with Gasteiger partial charge in [-0.05, 0) is 44.2 Å². The molecule has 6 heteroatoms. The highest BCUT2D eigenvalue weighted by atomic mass is 35.5. The highest BCUT2D eigenvalue weighted by Crippen LogP contribution is 2.29. The molecule has 1 saturated heterocycles. The van der Waals surface area contributed by atoms with Crippen molar-refractivity contribution >= 4 is 18.3 Å². The van der Waals surface area contributed by atoms with Crippen LogP contribution in [-0.4, -0.2) is 46.3 Å². The summed E-state index contributed by atoms with van der Waals surface area (Å²) in [6, 6.07) is 2.72. The number of piperidine rings is 1. The van der Waals surface area contributed by atoms with E-state index in [4.69, 9.17) is 0 Å². The van der Waals surface area contributed by atoms with Gasteiger partial charge in [-0.15, -0.1) is 12.4 Å². The van der Waals surface area contributed by atoms with Crippen LogP contribution in [-0.2, 0) is 0 Å². The maximum atomic E-state index is 12.7. The number of rotatable bonds is 5. The highest BCUT2D eigenvalue weighted by molar-refractivity contribution is 5.92. The third-order valence-corrected chi connectivity index (χ3v) is 4.28. The number of hydrogen-bond donors (Lipinski definition) is 1. The minimum atomic E-state index is 0. The van der Waals surface area contributed by atoms with E-state index in [9.17, 15) is 4.79 Å². The predicted octanol–water partition coefficient (Wildman–Crippen LogP) is 2.49. The number of aromatic nitrogens is 2. The number of hydrogen-bond acceptors (Lipinski definition) is 3. The lowest BCUT2D eigenvalue weighted by atomic mass is 10.1. The van der Waals surface area contributed by atoms with E-state index in [0.717, 1.165) is 38.9 Å². The van der Waals surface area contributed by atoms with Crippen LogP contribution < -0.4 is 5.32 Å². The SMILES string of the molecule is CC(C)CN(C(=O)c1ccn(C2CCCNC2)n1)C1CC1.Cl. The van der Waals surface area contributed by atoms with Gasteiger partial charge >= 0.3 is 0 Å². The molecule has 0 bridgehead atoms. The van der Waals surface area contributed by atoms with Gasteiger partial charge in [0.25, 0.3) is 5.91 Å². The zero-order valence-corrected chi connectivity index (χ0v) is 14.3. The number of nitrogens with zero attached hydrogens (tertiary/aromatic N) is 3. The van der Waals surface area contributed by atoms with Crippen LogP contribution in [0.5, 0.6) is 0 Å². The van der Waals surface area contributed by atoms with Gasteiger partial charge in [0.2, 0.25) is 0 Å². The number of halogens is 1. The zero-order valence-electron chi connectivity index (χ0n) is 13.5. The third kappa shape index (κ3) is 4.02. The molecule has 1 aromatic rings. The second-order valence-electron chi connectivity index (χ2n) is 6.76. The van der Waals surface area contributed by atoms with Gasteiger partial charge in [-0.2, -0.15) is 5.10 Å². The maximum Gasteiger partial charge on any atom is 0.274 e. The van der Waals surface area contributed by atoms with E-state index in [2.05, 4.69) is 24.3 Å². The van der Waals surface area contributed by atoms with E-state index in [1.54, 1.807) is 0 Å². The Balaban J connectivity index is 0.00000176. The van der Waals surface area contributed by atoms with Gasteiger partial charge in [0, 0.05) is 25.3 Å². The molecule has 0 aromatic carbocycles. The van der Waals surface area contributed by atoms with Gasteiger partial charge in [-0.25, -0.2) is 0 Å². The van der Waals surface area contributed by atoms with Gasteiger partial charge in [0.15, 0.2) is 0 Å². The smallest absolute Gasteiger partial charge is 0.274 e. The molecule has 1 unspecified atom stereocenters. The molecule has 1 atom stereocenters. The normalized spacial score (nSPS) is 21.5. The fraction of sp³-hybridized carbons (Fsp3) is 0.750. The summed E-state index contributed by atoms with van der Waals surface area (Å²) >= 11 is 0. The quantitative estimate of drug-likeness (QED) is 0.904. The molecule has 2 fully saturated rings. The van der Waals surface area contributed by atoms with Crippen molar-refractivity contribution < 1.29 is 4.79 Å². The topological polar surface area (TPSA) is 50.2 Å². The number of amides is 1. The Kier molecular flexibility index (Phi) is 5.87. The summed E-state index contributed by atoms with van der Waals surface area (Å²) in [5.41, 5.74) is 0.605. The first-order chi connectivity index (χ1) is 10.1. The molecule has 1 N–H and O–H groups in total. The molecule has 5 nitrogen and oxygen atoms in total. The molecule has 0 spiro atoms. The molecule has 2 heterocycles. The van der Waals surface area contributed by atoms with Crippen molar-refractivity contribution in [3.8, 4) is 0 Å². The molecular formula is C16H27ClN4O. The molecular weight excluding hydrogens is 300 g/mol. The Bertz CT molecular complexity index is 492. The Hall–Kier alpha value is -1.07. The first-order valence-corrected chi connectivity index (χ1v) is 8.22. The van der Waals surface area contributed by atoms with Crippen molar-refractivity contribution in [2.45, 2.75) is 51.6 Å². The first-order valence-electron chi connectivity index (χ1n) is 8.22. The lowest BCUT2D eigenvalue weighted by molar-refractivity contribution is 0.0715. The summed E-state index contributed by atoms with van der Waals surface area (Å²) < 4.78 is 1.97. The van der Waals surface area contributed by atoms with E-state index in [-0.39, 0.29) is 18.3 Å². The molecule has 1 aliphatic carbocycles. The number of carbonyl (C=O) groups excluding carboxylic acids is 1. The third-order valence-electron chi connectivity index (χ3n) is 4.28. The monoisotopic (exact) mass is 326 g/mol. The second kappa shape index (κ2) is 7.47. The summed E-state index contributed by atoms with van der Waals surface area (Å²) in [6.07, 6.45) is 6.57. The Labute approximate surface area is 138 Å². The van der Waals surface area contributed by atoms with Crippen LogP contribution >= 0.6 is 12.4 Å². The number of carbonyl (C=O) groups is 1. The number of nitrogens with one attached hydrogen (secondary N) is 1. The Morgan fingerprint density at radius 1 is 1.45 bits per heavy atom. The molecule has 1 aliphatic heterocycles. The van der Waals surface area contributed by atoms with Crippen molar-refractivity contribution in [3.05, 3.63) is 18.0 Å². The van der Waals surface area contributed by atoms with Crippen LogP contribution in [0.25, 0.3) is 0 Å². The summed E-state index contributed by atoms with van der Waals surface area (Å²) in [4.78, 5) is 14.7. The highest BCUT2D eigenvalue weighted by Gasteiger charge is 2.34. The van der Waals surface area contributed by atoms with Crippen LogP contribution in [0.2, 0.25) is 0 Å². The van der Waals surface area contributed by atoms with E-state index in [1.165, 1.54) is 6.42 Å². The molecule has 2 aliphatic rings. The molecule has 3 rings (SSSR count). The Morgan fingerprint density at radius 3 is 2.82 bits per heavy atom. The van der Waals surface area contributed by atoms with Crippen molar-refractivity contribution in [2.24, 2.45) is 5.92 Å². The molecule has 22 heavy (non-hydrogen) atoms. The van der Waals surface area contributed by atoms with Crippen LogP contribution in [0.1, 0.15) is 56.1 Å². The van der Waals surface area contributed by atoms with Crippen molar-refractivity contribution in [3.63, 3.8) is 0 Å². The molecule has 1 aromatic heterocycles. The zero-order chi connectivity index (χ0) is 14.8. The van der Waals surface area contributed by atoms with E-state index in [1.807, 2.05) is 21.8 Å². The van der Waals surface area contributed by atoms with E-state index < -0.39 is 0 Å². The minimum Gasteiger partial charge on any atom is -0.334 e. The average Bonchev–Trinajstić information content (AvgIpc) is 3.21. The predicted molar refractivity (Wildman–Crippen MR) is 89.5 cm³/mol. The standard InChI is InChI=1S/C16H26N4O.ClH/c1-12(2)11-19(13-5-6-13)16(21)15-7-9-20(18-15)14-4-3-8-17-10-14;/h7,9,12-14,17H,3-6,8,10-11H2,1-2H3;1H. The van der Waals surface area contributed by atoms with Crippen LogP contribution in [0, 0.1) is 5.92 Å². The lowest BCUT2D eigenvalue weighted by Crippen LogP contribution is -2.36. The fourth-order valence-electron chi connectivity index (χ4n) is 3.04. The van der Waals surface area contributed by atoms with E-state index >= 15 is 0 Å². The minimum absolute atomic E-state index is 0. The molecule has 0 radical (unpaired) electrons. The maximum absolute atomic E-state index is 12.7. The van der Waals surface area contributed by atoms with Crippen LogP contribution in [0.15, 0.2) is 12.3 Å². The van der Waals surface area contributed by atoms with Crippen LogP contribution in [0.4, 0.5) is 0 Å². The average molecular weight is 327 g/mol. The summed E-state index contributed by atoms with van der Waals surface area (Å²) in [5.74, 6) is 0.605. The van der Waals surface area contributed by atoms with E-state index in [0.29, 0.717) is 23.7 Å². The summed E-state index contributed by atoms with van der Waals surface area (Å²) in [5, 5.41) is 7.95. The van der Waals surface area contributed by atoms with Crippen LogP contribution in [0.3, 0.4) is 0 Å². The lowest BCUT2D eigenvalue weighted by Gasteiger charge is -2.24. The van der Waals surface area contributed by atoms with Gasteiger partial charge in [-0.3, -0.25) is 9.48 Å². The summed E-state index contributed by atoms with van der Waals surface area (Å²) in [7, 11) is 0. The van der Waals surface area contributed by atoms with Crippen molar-refractivity contribution in [2.75, 3.05) is 19.6 Å². The molecule has 1 saturated carbocycles. The Morgan fingerprint density at radius 2 is 2.23 bits per heavy atom. The van der Waals surface area contributed by atoms with Gasteiger partial charge < -0.3 is 10.2 Å². The van der Waals surface area contributed by atoms with Crippen molar-refractivity contribution in [1.29, 1.82) is 0 Å². The van der Waals surface area contributed by atoms with Gasteiger partial charge in [-0.1, -0.05) is 13.8 Å². The fourth-order valence-corrected chi connectivity index (χ4v) is 3.04. The first kappa shape index (κ1) is 17.3. The summed E-state index contributed by atoms with van der Waals surface area (Å²) in [6.45, 7) is 7.20. The van der Waals surface area contributed by atoms with Gasteiger partial charge in [0.1, 0.15) is 5.69 Å². The molecule has 124 valence electrons. The van der Waals surface area contributed by atoms with Gasteiger partial charge in [0.05, 0.1) is 6.04 Å².